The Kier molecular flexibility index (Phi) is 10.1. The summed E-state index contributed by atoms with van der Waals surface area (Å²) in [7, 11) is 0. The summed E-state index contributed by atoms with van der Waals surface area (Å²) in [5, 5.41) is 23.0. The van der Waals surface area contributed by atoms with E-state index in [9.17, 15) is 9.90 Å². The van der Waals surface area contributed by atoms with Gasteiger partial charge in [-0.25, -0.2) is 4.39 Å². The van der Waals surface area contributed by atoms with Crippen LogP contribution in [0.5, 0.6) is 5.75 Å². The molecule has 308 valence electrons. The van der Waals surface area contributed by atoms with Crippen LogP contribution >= 0.6 is 0 Å². The summed E-state index contributed by atoms with van der Waals surface area (Å²) in [6.07, 6.45) is 10.3. The number of nitrogens with zero attached hydrogens (tertiary/aromatic N) is 7. The first-order chi connectivity index (χ1) is 29.4. The highest BCUT2D eigenvalue weighted by atomic mass is 19.1. The number of nitrogen functional groups attached to an aromatic ring is 1. The lowest BCUT2D eigenvalue weighted by molar-refractivity contribution is 0.0158. The average Bonchev–Trinajstić information content (AvgIpc) is 3.66. The highest BCUT2D eigenvalue weighted by Crippen LogP contribution is 2.38. The number of phenols is 1. The number of carbonyl (C=O) groups excluding carboxylic acids is 1. The minimum absolute atomic E-state index is 0.0403. The Bertz CT molecular complexity index is 2440. The zero-order valence-electron chi connectivity index (χ0n) is 36.0. The van der Waals surface area contributed by atoms with Gasteiger partial charge >= 0.3 is 0 Å². The van der Waals surface area contributed by atoms with Gasteiger partial charge < -0.3 is 35.0 Å². The summed E-state index contributed by atoms with van der Waals surface area (Å²) >= 11 is 0. The van der Waals surface area contributed by atoms with E-state index in [-0.39, 0.29) is 17.6 Å². The second-order valence-corrected chi connectivity index (χ2v) is 17.0. The molecule has 3 saturated heterocycles. The van der Waals surface area contributed by atoms with Gasteiger partial charge in [0.25, 0.3) is 5.91 Å². The monoisotopic (exact) mass is 799 g/mol. The molecule has 4 N–H and O–H groups in total. The number of carbonyl (C=O) groups is 1. The number of nitrogens with one attached hydrogen (secondary N) is 1. The van der Waals surface area contributed by atoms with Gasteiger partial charge in [-0.15, -0.1) is 10.2 Å². The minimum Gasteiger partial charge on any atom is -0.507 e. The van der Waals surface area contributed by atoms with Crippen molar-refractivity contribution in [3.05, 3.63) is 107 Å². The number of nitrogens with two attached hydrogens (primary N) is 1. The predicted octanol–water partition coefficient (Wildman–Crippen LogP) is 7.55. The third kappa shape index (κ3) is 8.00. The first-order valence-electron chi connectivity index (χ1n) is 22.2. The minimum atomic E-state index is -1.33. The first kappa shape index (κ1) is 36.6. The second-order valence-electron chi connectivity index (χ2n) is 17.0. The van der Waals surface area contributed by atoms with Gasteiger partial charge in [-0.3, -0.25) is 10.1 Å². The third-order valence-electron chi connectivity index (χ3n) is 13.1. The quantitative estimate of drug-likeness (QED) is 0.146. The normalized spacial score (nSPS) is 23.4. The summed E-state index contributed by atoms with van der Waals surface area (Å²) in [6.45, 7) is 7.28. The molecule has 11 nitrogen and oxygen atoms in total. The number of halogens is 1. The summed E-state index contributed by atoms with van der Waals surface area (Å²) in [5.74, 6) is 0.695. The maximum Gasteiger partial charge on any atom is 0.253 e. The van der Waals surface area contributed by atoms with Gasteiger partial charge in [-0.1, -0.05) is 24.3 Å². The lowest BCUT2D eigenvalue weighted by Crippen LogP contribution is -2.51. The summed E-state index contributed by atoms with van der Waals surface area (Å²) < 4.78 is 35.1. The molecule has 3 fully saturated rings. The van der Waals surface area contributed by atoms with E-state index in [2.05, 4.69) is 74.2 Å². The molecule has 0 bridgehead atoms. The second kappa shape index (κ2) is 16.3. The van der Waals surface area contributed by atoms with E-state index >= 15 is 4.39 Å². The van der Waals surface area contributed by atoms with Crippen molar-refractivity contribution in [2.24, 2.45) is 0 Å². The Balaban J connectivity index is 0.781. The SMILES string of the molecule is [2H]C1C=CN(c2cc3ccn(C4CCN(CC5(F)CCN(C(=O)c6ccc(C7CCCN(c8cc(-c9ccccc9O)nnc8N)C7)c(C)c6)CC5)CC4)c3cc2C)[C@@H]([2H])N1. The number of benzene rings is 3. The number of hydrogen-bond donors (Lipinski definition) is 3. The molecule has 0 saturated carbocycles. The van der Waals surface area contributed by atoms with Crippen LogP contribution in [0, 0.1) is 13.8 Å². The maximum absolute atomic E-state index is 16.4. The number of aromatic hydroxyl groups is 1. The highest BCUT2D eigenvalue weighted by Gasteiger charge is 2.39. The van der Waals surface area contributed by atoms with Gasteiger partial charge in [-0.2, -0.15) is 0 Å². The third-order valence-corrected chi connectivity index (χ3v) is 13.1. The fourth-order valence-corrected chi connectivity index (χ4v) is 9.79. The number of phenolic OH excluding ortho intramolecular Hbond substituents is 1. The fourth-order valence-electron chi connectivity index (χ4n) is 9.79. The molecule has 4 aliphatic heterocycles. The number of aromatic nitrogens is 3. The largest absolute Gasteiger partial charge is 0.507 e. The van der Waals surface area contributed by atoms with E-state index < -0.39 is 18.8 Å². The van der Waals surface area contributed by atoms with Gasteiger partial charge in [0.05, 0.1) is 19.4 Å². The van der Waals surface area contributed by atoms with Crippen molar-refractivity contribution in [3.8, 4) is 17.0 Å². The number of likely N-dealkylation sites (tertiary alicyclic amines) is 2. The van der Waals surface area contributed by atoms with Crippen LogP contribution in [0.4, 0.5) is 21.6 Å². The smallest absolute Gasteiger partial charge is 0.253 e. The van der Waals surface area contributed by atoms with Gasteiger partial charge in [0.2, 0.25) is 0 Å². The van der Waals surface area contributed by atoms with Crippen molar-refractivity contribution in [2.75, 3.05) is 74.5 Å². The Morgan fingerprint density at radius 1 is 0.966 bits per heavy atom. The van der Waals surface area contributed by atoms with Crippen LogP contribution < -0.4 is 20.9 Å². The van der Waals surface area contributed by atoms with Crippen LogP contribution in [0.2, 0.25) is 0 Å². The van der Waals surface area contributed by atoms with E-state index in [4.69, 9.17) is 8.48 Å². The Morgan fingerprint density at radius 2 is 1.78 bits per heavy atom. The van der Waals surface area contributed by atoms with E-state index in [0.717, 1.165) is 79.8 Å². The number of amides is 1. The van der Waals surface area contributed by atoms with Crippen molar-refractivity contribution in [2.45, 2.75) is 70.0 Å². The first-order valence-corrected chi connectivity index (χ1v) is 21.1. The van der Waals surface area contributed by atoms with Gasteiger partial charge in [-0.05, 0) is 105 Å². The standard InChI is InChI=1S/C47H56FN9O2/c1-32-25-35(10-11-38(32)36-7-5-18-55(29-36)43-28-40(51-52-45(43)49)39-8-3-4-9-44(39)58)46(59)54-23-15-47(48,16-24-54)30-53-20-13-37(14-21-53)57-22-12-34-27-41(33(2)26-42(34)57)56-19-6-17-50-31-56/h3-4,6,8-12,19,22,25-28,36-37,50,58H,5,7,13-18,20-21,23-24,29-31H2,1-2H3,(H2,49,52)/i17D,31D/t17?,31-,36?/m0/s1. The van der Waals surface area contributed by atoms with Gasteiger partial charge in [0, 0.05) is 119 Å². The van der Waals surface area contributed by atoms with E-state index in [1.165, 1.54) is 11.1 Å². The molecule has 4 aliphatic rings. The molecule has 12 heteroatoms. The number of para-hydroxylation sites is 1. The molecule has 9 rings (SSSR count). The maximum atomic E-state index is 16.4. The molecule has 1 amide bonds. The summed E-state index contributed by atoms with van der Waals surface area (Å²) in [6, 6.07) is 21.8. The van der Waals surface area contributed by atoms with E-state index in [1.54, 1.807) is 18.2 Å². The molecule has 2 unspecified atom stereocenters. The molecule has 0 spiro atoms. The van der Waals surface area contributed by atoms with Gasteiger partial charge in [0.15, 0.2) is 5.82 Å². The average molecular weight is 800 g/mol. The summed E-state index contributed by atoms with van der Waals surface area (Å²) in [4.78, 5) is 22.0. The molecule has 3 aromatic carbocycles. The predicted molar refractivity (Wildman–Crippen MR) is 234 cm³/mol. The zero-order chi connectivity index (χ0) is 42.4. The molecule has 59 heavy (non-hydrogen) atoms. The van der Waals surface area contributed by atoms with Crippen molar-refractivity contribution < 1.29 is 17.0 Å². The lowest BCUT2D eigenvalue weighted by Gasteiger charge is -2.41. The topological polar surface area (TPSA) is 119 Å². The Hall–Kier alpha value is -5.46. The molecular formula is C47H56FN9O2. The fraction of sp³-hybridized carbons (Fsp3) is 0.426. The molecule has 3 atom stereocenters. The lowest BCUT2D eigenvalue weighted by atomic mass is 9.86. The Labute approximate surface area is 349 Å². The zero-order valence-corrected chi connectivity index (χ0v) is 34.0. The Morgan fingerprint density at radius 3 is 2.56 bits per heavy atom. The van der Waals surface area contributed by atoms with Crippen molar-refractivity contribution in [3.63, 3.8) is 0 Å². The van der Waals surface area contributed by atoms with Crippen LogP contribution in [0.15, 0.2) is 85.2 Å². The molecule has 0 aliphatic carbocycles. The number of piperidine rings is 3. The molecule has 2 aromatic heterocycles. The molecule has 5 aromatic rings. The van der Waals surface area contributed by atoms with Crippen molar-refractivity contribution in [1.29, 1.82) is 0 Å². The van der Waals surface area contributed by atoms with Crippen molar-refractivity contribution in [1.82, 2.24) is 29.9 Å². The van der Waals surface area contributed by atoms with Crippen molar-refractivity contribution >= 4 is 34.0 Å². The van der Waals surface area contributed by atoms with Crippen LogP contribution in [0.3, 0.4) is 0 Å². The van der Waals surface area contributed by atoms with Crippen LogP contribution in [-0.4, -0.2) is 100 Å². The number of rotatable bonds is 8. The van der Waals surface area contributed by atoms with E-state index in [1.807, 2.05) is 46.3 Å². The highest BCUT2D eigenvalue weighted by molar-refractivity contribution is 5.94. The number of anilines is 3. The number of alkyl halides is 1. The van der Waals surface area contributed by atoms with Gasteiger partial charge in [0.1, 0.15) is 11.4 Å². The number of hydrogen-bond acceptors (Lipinski definition) is 9. The summed E-state index contributed by atoms with van der Waals surface area (Å²) in [5.41, 5.74) is 13.1. The van der Waals surface area contributed by atoms with Crippen LogP contribution in [0.25, 0.3) is 22.2 Å². The number of fused-ring (bicyclic) bond motifs is 1. The molecule has 6 heterocycles. The van der Waals surface area contributed by atoms with Crippen LogP contribution in [-0.2, 0) is 0 Å². The molecule has 0 radical (unpaired) electrons. The van der Waals surface area contributed by atoms with E-state index in [0.29, 0.717) is 61.2 Å². The molecular weight excluding hydrogens is 742 g/mol. The van der Waals surface area contributed by atoms with Crippen LogP contribution in [0.1, 0.15) is 80.3 Å². The number of aryl methyl sites for hydroxylation is 2.